The van der Waals surface area contributed by atoms with Gasteiger partial charge in [0.25, 0.3) is 5.91 Å². The Morgan fingerprint density at radius 1 is 1.06 bits per heavy atom. The van der Waals surface area contributed by atoms with E-state index in [1.54, 1.807) is 17.0 Å². The minimum atomic E-state index is -0.604. The third-order valence-electron chi connectivity index (χ3n) is 6.90. The molecule has 4 amide bonds. The first-order valence-electron chi connectivity index (χ1n) is 12.7. The van der Waals surface area contributed by atoms with Gasteiger partial charge in [0.05, 0.1) is 5.69 Å². The van der Waals surface area contributed by atoms with Crippen LogP contribution < -0.4 is 16.0 Å². The Bertz CT molecular complexity index is 1160. The number of thiazole rings is 1. The van der Waals surface area contributed by atoms with Crippen LogP contribution in [0.3, 0.4) is 0 Å². The number of carbonyl (C=O) groups excluding carboxylic acids is 4. The van der Waals surface area contributed by atoms with E-state index in [-0.39, 0.29) is 29.5 Å². The highest BCUT2D eigenvalue weighted by Gasteiger charge is 2.39. The summed E-state index contributed by atoms with van der Waals surface area (Å²) in [6.07, 6.45) is 5.63. The van der Waals surface area contributed by atoms with Crippen LogP contribution >= 0.6 is 11.3 Å². The van der Waals surface area contributed by atoms with Crippen molar-refractivity contribution in [2.24, 2.45) is 5.92 Å². The molecule has 2 aliphatic carbocycles. The van der Waals surface area contributed by atoms with Gasteiger partial charge in [-0.15, -0.1) is 11.3 Å². The van der Waals surface area contributed by atoms with Crippen LogP contribution in [0.4, 0.5) is 5.13 Å². The van der Waals surface area contributed by atoms with Crippen molar-refractivity contribution < 1.29 is 19.2 Å². The van der Waals surface area contributed by atoms with E-state index in [1.807, 2.05) is 24.4 Å². The lowest BCUT2D eigenvalue weighted by Crippen LogP contribution is -2.52. The molecular weight excluding hydrogens is 478 g/mol. The van der Waals surface area contributed by atoms with E-state index < -0.39 is 12.1 Å². The van der Waals surface area contributed by atoms with Crippen molar-refractivity contribution in [3.05, 3.63) is 35.2 Å². The number of carbonyl (C=O) groups is 4. The molecule has 2 atom stereocenters. The highest BCUT2D eigenvalue weighted by atomic mass is 32.1. The molecule has 3 fully saturated rings. The number of rotatable bonds is 9. The Kier molecular flexibility index (Phi) is 7.04. The average molecular weight is 510 g/mol. The quantitative estimate of drug-likeness (QED) is 0.480. The maximum absolute atomic E-state index is 13.1. The smallest absolute Gasteiger partial charge is 0.251 e. The van der Waals surface area contributed by atoms with E-state index in [9.17, 15) is 19.2 Å². The molecule has 9 nitrogen and oxygen atoms in total. The van der Waals surface area contributed by atoms with E-state index >= 15 is 0 Å². The largest absolute Gasteiger partial charge is 0.349 e. The zero-order chi connectivity index (χ0) is 25.2. The third-order valence-corrected chi connectivity index (χ3v) is 7.66. The zero-order valence-corrected chi connectivity index (χ0v) is 21.1. The summed E-state index contributed by atoms with van der Waals surface area (Å²) < 4.78 is 0. The van der Waals surface area contributed by atoms with Gasteiger partial charge in [0.1, 0.15) is 12.1 Å². The van der Waals surface area contributed by atoms with E-state index in [4.69, 9.17) is 0 Å². The van der Waals surface area contributed by atoms with Gasteiger partial charge in [0.2, 0.25) is 17.7 Å². The number of benzene rings is 1. The fourth-order valence-electron chi connectivity index (χ4n) is 4.42. The molecule has 3 aliphatic rings. The molecular formula is C26H31N5O4S. The van der Waals surface area contributed by atoms with E-state index in [2.05, 4.69) is 20.9 Å². The minimum Gasteiger partial charge on any atom is -0.349 e. The highest BCUT2D eigenvalue weighted by molar-refractivity contribution is 7.14. The van der Waals surface area contributed by atoms with Gasteiger partial charge >= 0.3 is 0 Å². The molecule has 2 aromatic rings. The lowest BCUT2D eigenvalue weighted by molar-refractivity contribution is -0.140. The van der Waals surface area contributed by atoms with Gasteiger partial charge in [0.15, 0.2) is 5.13 Å². The van der Waals surface area contributed by atoms with Crippen LogP contribution in [0, 0.1) is 5.92 Å². The molecule has 0 bridgehead atoms. The van der Waals surface area contributed by atoms with Crippen molar-refractivity contribution in [3.8, 4) is 11.3 Å². The van der Waals surface area contributed by atoms with Gasteiger partial charge in [0, 0.05) is 35.0 Å². The van der Waals surface area contributed by atoms with Crippen molar-refractivity contribution in [1.82, 2.24) is 20.5 Å². The maximum atomic E-state index is 13.1. The Morgan fingerprint density at radius 3 is 2.47 bits per heavy atom. The SMILES string of the molecule is CCC(NC(=O)C1CC1)C(=O)N1CCCC1C(=O)Nc1nc(-c2ccc(C(=O)NC3CC3)cc2)cs1. The van der Waals surface area contributed by atoms with Crippen LogP contribution in [0.25, 0.3) is 11.3 Å². The van der Waals surface area contributed by atoms with Crippen LogP contribution in [-0.4, -0.2) is 58.2 Å². The monoisotopic (exact) mass is 509 g/mol. The zero-order valence-electron chi connectivity index (χ0n) is 20.3. The van der Waals surface area contributed by atoms with Crippen molar-refractivity contribution in [3.63, 3.8) is 0 Å². The number of nitrogens with one attached hydrogen (secondary N) is 3. The summed E-state index contributed by atoms with van der Waals surface area (Å²) in [4.78, 5) is 56.7. The van der Waals surface area contributed by atoms with Gasteiger partial charge in [-0.3, -0.25) is 19.2 Å². The summed E-state index contributed by atoms with van der Waals surface area (Å²) in [5, 5.41) is 11.0. The molecule has 1 aromatic carbocycles. The molecule has 3 N–H and O–H groups in total. The summed E-state index contributed by atoms with van der Waals surface area (Å²) in [7, 11) is 0. The van der Waals surface area contributed by atoms with Crippen LogP contribution in [0.5, 0.6) is 0 Å². The second kappa shape index (κ2) is 10.4. The first-order valence-corrected chi connectivity index (χ1v) is 13.6. The van der Waals surface area contributed by atoms with E-state index in [0.717, 1.165) is 37.7 Å². The molecule has 0 radical (unpaired) electrons. The summed E-state index contributed by atoms with van der Waals surface area (Å²) in [5.74, 6) is -0.572. The van der Waals surface area contributed by atoms with Gasteiger partial charge in [-0.05, 0) is 57.1 Å². The van der Waals surface area contributed by atoms with Crippen LogP contribution in [0.1, 0.15) is 62.2 Å². The minimum absolute atomic E-state index is 0.0275. The number of hydrogen-bond acceptors (Lipinski definition) is 6. The summed E-state index contributed by atoms with van der Waals surface area (Å²) in [6.45, 7) is 2.36. The van der Waals surface area contributed by atoms with Crippen molar-refractivity contribution in [2.45, 2.75) is 70.0 Å². The molecule has 1 saturated heterocycles. The summed E-state index contributed by atoms with van der Waals surface area (Å²) in [6, 6.07) is 6.37. The molecule has 1 aromatic heterocycles. The van der Waals surface area contributed by atoms with Crippen molar-refractivity contribution >= 4 is 40.1 Å². The highest BCUT2D eigenvalue weighted by Crippen LogP contribution is 2.30. The average Bonchev–Trinajstić information content (AvgIpc) is 3.80. The molecule has 36 heavy (non-hydrogen) atoms. The molecule has 190 valence electrons. The van der Waals surface area contributed by atoms with Gasteiger partial charge in [-0.2, -0.15) is 0 Å². The third kappa shape index (κ3) is 5.59. The molecule has 2 unspecified atom stereocenters. The van der Waals surface area contributed by atoms with Gasteiger partial charge < -0.3 is 20.9 Å². The molecule has 2 saturated carbocycles. The number of amides is 4. The number of likely N-dealkylation sites (tertiary alicyclic amines) is 1. The standard InChI is InChI=1S/C26H31N5O4S/c1-2-19(28-23(33)17-9-10-17)25(35)31-13-3-4-21(31)24(34)30-26-29-20(14-36-26)15-5-7-16(8-6-15)22(32)27-18-11-12-18/h5-8,14,17-19,21H,2-4,9-13H2,1H3,(H,27,32)(H,28,33)(H,29,30,34). The molecule has 5 rings (SSSR count). The first-order chi connectivity index (χ1) is 17.4. The van der Waals surface area contributed by atoms with Crippen LogP contribution in [0.2, 0.25) is 0 Å². The summed E-state index contributed by atoms with van der Waals surface area (Å²) in [5.41, 5.74) is 2.17. The molecule has 10 heteroatoms. The van der Waals surface area contributed by atoms with Crippen molar-refractivity contribution in [1.29, 1.82) is 0 Å². The number of aromatic nitrogens is 1. The number of nitrogens with zero attached hydrogens (tertiary/aromatic N) is 2. The van der Waals surface area contributed by atoms with Crippen molar-refractivity contribution in [2.75, 3.05) is 11.9 Å². The Labute approximate surface area is 214 Å². The predicted octanol–water partition coefficient (Wildman–Crippen LogP) is 2.94. The Hall–Kier alpha value is -3.27. The number of anilines is 1. The fourth-order valence-corrected chi connectivity index (χ4v) is 5.14. The lowest BCUT2D eigenvalue weighted by Gasteiger charge is -2.28. The maximum Gasteiger partial charge on any atom is 0.251 e. The van der Waals surface area contributed by atoms with Crippen LogP contribution in [0.15, 0.2) is 29.6 Å². The second-order valence-electron chi connectivity index (χ2n) is 9.79. The van der Waals surface area contributed by atoms with E-state index in [0.29, 0.717) is 41.8 Å². The number of hydrogen-bond donors (Lipinski definition) is 3. The lowest BCUT2D eigenvalue weighted by atomic mass is 10.1. The summed E-state index contributed by atoms with van der Waals surface area (Å²) >= 11 is 1.31. The topological polar surface area (TPSA) is 120 Å². The van der Waals surface area contributed by atoms with Crippen LogP contribution in [-0.2, 0) is 14.4 Å². The molecule has 1 aliphatic heterocycles. The normalized spacial score (nSPS) is 20.0. The Morgan fingerprint density at radius 2 is 1.81 bits per heavy atom. The van der Waals surface area contributed by atoms with Gasteiger partial charge in [-0.25, -0.2) is 4.98 Å². The van der Waals surface area contributed by atoms with Gasteiger partial charge in [-0.1, -0.05) is 19.1 Å². The fraction of sp³-hybridized carbons (Fsp3) is 0.500. The molecule has 2 heterocycles. The Balaban J connectivity index is 1.19. The van der Waals surface area contributed by atoms with E-state index in [1.165, 1.54) is 11.3 Å². The second-order valence-corrected chi connectivity index (χ2v) is 10.6. The first kappa shape index (κ1) is 24.4. The molecule has 0 spiro atoms. The predicted molar refractivity (Wildman–Crippen MR) is 136 cm³/mol.